The zero-order valence-electron chi connectivity index (χ0n) is 14.4. The maximum atomic E-state index is 13.7. The summed E-state index contributed by atoms with van der Waals surface area (Å²) in [5.74, 6) is 0.162. The molecule has 3 aromatic rings. The largest absolute Gasteiger partial charge is 0.488 e. The van der Waals surface area contributed by atoms with Gasteiger partial charge in [-0.2, -0.15) is 9.36 Å². The fourth-order valence-corrected chi connectivity index (χ4v) is 2.68. The van der Waals surface area contributed by atoms with Gasteiger partial charge in [0.05, 0.1) is 5.69 Å². The fourth-order valence-electron chi connectivity index (χ4n) is 2.68. The summed E-state index contributed by atoms with van der Waals surface area (Å²) in [7, 11) is 1.54. The van der Waals surface area contributed by atoms with Gasteiger partial charge < -0.3 is 4.74 Å². The molecule has 7 heteroatoms. The molecule has 1 aromatic heterocycles. The third-order valence-corrected chi connectivity index (χ3v) is 4.17. The highest BCUT2D eigenvalue weighted by Crippen LogP contribution is 2.24. The summed E-state index contributed by atoms with van der Waals surface area (Å²) in [5.41, 5.74) is 2.60. The van der Waals surface area contributed by atoms with Crippen LogP contribution in [0.2, 0.25) is 0 Å². The van der Waals surface area contributed by atoms with E-state index in [0.29, 0.717) is 17.0 Å². The van der Waals surface area contributed by atoms with Crippen molar-refractivity contribution in [3.8, 4) is 11.4 Å². The standard InChI is InChI=1S/C18H19FN4O2/c1-4-13-7-5-9-16(23-18(24)22(3)20-21-23)14(13)11-25-17-10-6-8-15(19)12(17)2/h5-10H,4,11H2,1-3H3. The molecule has 0 aliphatic heterocycles. The van der Waals surface area contributed by atoms with Gasteiger partial charge in [0.1, 0.15) is 18.2 Å². The molecule has 3 rings (SSSR count). The monoisotopic (exact) mass is 342 g/mol. The van der Waals surface area contributed by atoms with Gasteiger partial charge in [-0.15, -0.1) is 0 Å². The van der Waals surface area contributed by atoms with Crippen LogP contribution in [-0.4, -0.2) is 19.8 Å². The van der Waals surface area contributed by atoms with Gasteiger partial charge in [-0.1, -0.05) is 25.1 Å². The second-order valence-electron chi connectivity index (χ2n) is 5.72. The Balaban J connectivity index is 2.01. The van der Waals surface area contributed by atoms with E-state index in [1.165, 1.54) is 15.4 Å². The predicted octanol–water partition coefficient (Wildman–Crippen LogP) is 2.55. The zero-order valence-corrected chi connectivity index (χ0v) is 14.4. The van der Waals surface area contributed by atoms with Crippen molar-refractivity contribution in [1.82, 2.24) is 19.8 Å². The predicted molar refractivity (Wildman–Crippen MR) is 91.4 cm³/mol. The number of benzene rings is 2. The van der Waals surface area contributed by atoms with E-state index in [-0.39, 0.29) is 18.1 Å². The first kappa shape index (κ1) is 16.9. The van der Waals surface area contributed by atoms with Crippen molar-refractivity contribution in [2.75, 3.05) is 0 Å². The molecule has 0 unspecified atom stereocenters. The van der Waals surface area contributed by atoms with Gasteiger partial charge in [0, 0.05) is 18.2 Å². The molecule has 25 heavy (non-hydrogen) atoms. The average Bonchev–Trinajstić information content (AvgIpc) is 2.95. The lowest BCUT2D eigenvalue weighted by atomic mass is 10.0. The van der Waals surface area contributed by atoms with Crippen LogP contribution in [0.5, 0.6) is 5.75 Å². The van der Waals surface area contributed by atoms with E-state index in [1.54, 1.807) is 32.2 Å². The summed E-state index contributed by atoms with van der Waals surface area (Å²) in [4.78, 5) is 12.2. The Kier molecular flexibility index (Phi) is 4.65. The van der Waals surface area contributed by atoms with Gasteiger partial charge in [-0.3, -0.25) is 0 Å². The van der Waals surface area contributed by atoms with E-state index in [1.807, 2.05) is 19.1 Å². The van der Waals surface area contributed by atoms with Crippen LogP contribution in [0.25, 0.3) is 5.69 Å². The molecule has 0 bridgehead atoms. The van der Waals surface area contributed by atoms with Crippen LogP contribution in [0.1, 0.15) is 23.6 Å². The molecule has 6 nitrogen and oxygen atoms in total. The molecule has 0 radical (unpaired) electrons. The van der Waals surface area contributed by atoms with Gasteiger partial charge in [0.15, 0.2) is 0 Å². The fraction of sp³-hybridized carbons (Fsp3) is 0.278. The second kappa shape index (κ2) is 6.88. The Hall–Kier alpha value is -2.96. The Morgan fingerprint density at radius 1 is 1.16 bits per heavy atom. The van der Waals surface area contributed by atoms with Crippen LogP contribution in [0.4, 0.5) is 4.39 Å². The summed E-state index contributed by atoms with van der Waals surface area (Å²) in [6, 6.07) is 10.4. The molecule has 0 spiro atoms. The molecule has 0 atom stereocenters. The summed E-state index contributed by atoms with van der Waals surface area (Å²) in [6.07, 6.45) is 0.768. The van der Waals surface area contributed by atoms with Gasteiger partial charge in [0.2, 0.25) is 0 Å². The molecular weight excluding hydrogens is 323 g/mol. The van der Waals surface area contributed by atoms with Crippen molar-refractivity contribution in [2.24, 2.45) is 7.05 Å². The average molecular weight is 342 g/mol. The minimum atomic E-state index is -0.337. The number of halogens is 1. The molecule has 0 aliphatic carbocycles. The van der Waals surface area contributed by atoms with Gasteiger partial charge in [-0.05, 0) is 47.5 Å². The van der Waals surface area contributed by atoms with Crippen molar-refractivity contribution in [3.63, 3.8) is 0 Å². The Bertz CT molecular complexity index is 962. The molecule has 130 valence electrons. The highest BCUT2D eigenvalue weighted by Gasteiger charge is 2.15. The molecule has 2 aromatic carbocycles. The number of aromatic nitrogens is 4. The van der Waals surface area contributed by atoms with Crippen LogP contribution < -0.4 is 10.4 Å². The molecule has 0 saturated heterocycles. The molecule has 0 amide bonds. The zero-order chi connectivity index (χ0) is 18.0. The number of tetrazole rings is 1. The molecule has 1 heterocycles. The topological polar surface area (TPSA) is 61.9 Å². The molecular formula is C18H19FN4O2. The van der Waals surface area contributed by atoms with Crippen molar-refractivity contribution in [3.05, 3.63) is 69.4 Å². The lowest BCUT2D eigenvalue weighted by Crippen LogP contribution is -2.23. The van der Waals surface area contributed by atoms with Gasteiger partial charge in [-0.25, -0.2) is 9.18 Å². The van der Waals surface area contributed by atoms with Gasteiger partial charge >= 0.3 is 5.69 Å². The number of nitrogens with zero attached hydrogens (tertiary/aromatic N) is 4. The maximum Gasteiger partial charge on any atom is 0.368 e. The van der Waals surface area contributed by atoms with E-state index >= 15 is 0 Å². The molecule has 0 N–H and O–H groups in total. The van der Waals surface area contributed by atoms with Crippen LogP contribution in [0.3, 0.4) is 0 Å². The molecule has 0 fully saturated rings. The van der Waals surface area contributed by atoms with E-state index in [9.17, 15) is 9.18 Å². The summed E-state index contributed by atoms with van der Waals surface area (Å²) < 4.78 is 22.0. The van der Waals surface area contributed by atoms with E-state index in [4.69, 9.17) is 4.74 Å². The third kappa shape index (κ3) is 3.17. The highest BCUT2D eigenvalue weighted by atomic mass is 19.1. The lowest BCUT2D eigenvalue weighted by molar-refractivity contribution is 0.300. The smallest absolute Gasteiger partial charge is 0.368 e. The van der Waals surface area contributed by atoms with E-state index in [0.717, 1.165) is 17.5 Å². The number of rotatable bonds is 5. The Labute approximate surface area is 144 Å². The first-order chi connectivity index (χ1) is 12.0. The first-order valence-corrected chi connectivity index (χ1v) is 8.01. The number of hydrogen-bond acceptors (Lipinski definition) is 4. The molecule has 0 aliphatic rings. The van der Waals surface area contributed by atoms with Gasteiger partial charge in [0.25, 0.3) is 0 Å². The van der Waals surface area contributed by atoms with E-state index in [2.05, 4.69) is 10.4 Å². The SMILES string of the molecule is CCc1cccc(-n2nnn(C)c2=O)c1COc1cccc(F)c1C. The maximum absolute atomic E-state index is 13.7. The summed E-state index contributed by atoms with van der Waals surface area (Å²) in [5, 5.41) is 7.67. The lowest BCUT2D eigenvalue weighted by Gasteiger charge is -2.15. The van der Waals surface area contributed by atoms with Crippen molar-refractivity contribution in [1.29, 1.82) is 0 Å². The van der Waals surface area contributed by atoms with Crippen LogP contribution >= 0.6 is 0 Å². The Morgan fingerprint density at radius 3 is 2.60 bits per heavy atom. The minimum Gasteiger partial charge on any atom is -0.488 e. The highest BCUT2D eigenvalue weighted by molar-refractivity contribution is 5.45. The first-order valence-electron chi connectivity index (χ1n) is 8.01. The normalized spacial score (nSPS) is 10.9. The van der Waals surface area contributed by atoms with Crippen molar-refractivity contribution >= 4 is 0 Å². The minimum absolute atomic E-state index is 0.201. The number of hydrogen-bond donors (Lipinski definition) is 0. The van der Waals surface area contributed by atoms with Crippen LogP contribution in [0.15, 0.2) is 41.2 Å². The second-order valence-corrected chi connectivity index (χ2v) is 5.72. The van der Waals surface area contributed by atoms with Crippen LogP contribution in [-0.2, 0) is 20.1 Å². The summed E-state index contributed by atoms with van der Waals surface area (Å²) >= 11 is 0. The number of ether oxygens (including phenoxy) is 1. The van der Waals surface area contributed by atoms with Crippen molar-refractivity contribution < 1.29 is 9.13 Å². The summed E-state index contributed by atoms with van der Waals surface area (Å²) in [6.45, 7) is 3.90. The van der Waals surface area contributed by atoms with Crippen molar-refractivity contribution in [2.45, 2.75) is 26.9 Å². The number of aryl methyl sites for hydroxylation is 2. The third-order valence-electron chi connectivity index (χ3n) is 4.17. The van der Waals surface area contributed by atoms with E-state index < -0.39 is 0 Å². The van der Waals surface area contributed by atoms with Crippen LogP contribution in [0, 0.1) is 12.7 Å². The molecule has 0 saturated carbocycles. The Morgan fingerprint density at radius 2 is 1.92 bits per heavy atom. The quantitative estimate of drug-likeness (QED) is 0.715.